The van der Waals surface area contributed by atoms with Crippen LogP contribution in [0.25, 0.3) is 6.08 Å². The van der Waals surface area contributed by atoms with Crippen LogP contribution in [0.3, 0.4) is 0 Å². The Kier molecular flexibility index (Phi) is 4.99. The number of carbonyl (C=O) groups is 1. The van der Waals surface area contributed by atoms with Crippen molar-refractivity contribution < 1.29 is 9.18 Å². The van der Waals surface area contributed by atoms with E-state index in [2.05, 4.69) is 5.32 Å². The van der Waals surface area contributed by atoms with Crippen molar-refractivity contribution in [3.63, 3.8) is 0 Å². The maximum absolute atomic E-state index is 13.0. The van der Waals surface area contributed by atoms with Gasteiger partial charge < -0.3 is 5.32 Å². The van der Waals surface area contributed by atoms with Crippen molar-refractivity contribution in [1.29, 1.82) is 0 Å². The summed E-state index contributed by atoms with van der Waals surface area (Å²) in [6.45, 7) is 2.06. The van der Waals surface area contributed by atoms with Crippen LogP contribution in [0, 0.1) is 5.82 Å². The molecule has 1 amide bonds. The molecule has 0 bridgehead atoms. The van der Waals surface area contributed by atoms with Gasteiger partial charge in [0.2, 0.25) is 5.91 Å². The monoisotopic (exact) mass is 241 g/mol. The number of hydrogen-bond acceptors (Lipinski definition) is 1. The Labute approximate surface area is 99.1 Å². The lowest BCUT2D eigenvalue weighted by molar-refractivity contribution is -0.118. The Morgan fingerprint density at radius 1 is 1.56 bits per heavy atom. The third-order valence-corrected chi connectivity index (χ3v) is 2.25. The van der Waals surface area contributed by atoms with Crippen molar-refractivity contribution in [1.82, 2.24) is 5.32 Å². The molecule has 0 saturated heterocycles. The lowest BCUT2D eigenvalue weighted by atomic mass is 10.2. The van der Waals surface area contributed by atoms with Gasteiger partial charge in [0.15, 0.2) is 0 Å². The Bertz CT molecular complexity index is 404. The number of halogens is 2. The fraction of sp³-hybridized carbons (Fsp3) is 0.250. The van der Waals surface area contributed by atoms with Crippen molar-refractivity contribution in [2.24, 2.45) is 0 Å². The fourth-order valence-corrected chi connectivity index (χ4v) is 1.28. The fourth-order valence-electron chi connectivity index (χ4n) is 1.17. The van der Waals surface area contributed by atoms with Gasteiger partial charge in [-0.05, 0) is 24.1 Å². The highest BCUT2D eigenvalue weighted by Gasteiger charge is 1.97. The quantitative estimate of drug-likeness (QED) is 0.807. The van der Waals surface area contributed by atoms with Crippen LogP contribution in [0.4, 0.5) is 4.39 Å². The molecule has 0 spiro atoms. The predicted molar refractivity (Wildman–Crippen MR) is 63.7 cm³/mol. The van der Waals surface area contributed by atoms with E-state index in [1.54, 1.807) is 12.1 Å². The van der Waals surface area contributed by atoms with Crippen LogP contribution in [0.15, 0.2) is 24.3 Å². The van der Waals surface area contributed by atoms with Crippen molar-refractivity contribution >= 4 is 23.6 Å². The summed E-state index contributed by atoms with van der Waals surface area (Å²) in [5.41, 5.74) is 0.754. The Hall–Kier alpha value is -1.35. The molecule has 4 heteroatoms. The van der Waals surface area contributed by atoms with Gasteiger partial charge in [-0.25, -0.2) is 4.39 Å². The number of rotatable bonds is 4. The summed E-state index contributed by atoms with van der Waals surface area (Å²) in [5.74, 6) is -0.475. The smallest absolute Gasteiger partial charge is 0.216 e. The highest BCUT2D eigenvalue weighted by atomic mass is 35.5. The molecule has 0 aromatic heterocycles. The molecule has 1 aromatic rings. The SMILES string of the molecule is CC(=O)NCCC=Cc1ccc(Cl)c(F)c1. The van der Waals surface area contributed by atoms with Gasteiger partial charge in [0.1, 0.15) is 5.82 Å². The average molecular weight is 242 g/mol. The summed E-state index contributed by atoms with van der Waals surface area (Å²) in [7, 11) is 0. The van der Waals surface area contributed by atoms with Gasteiger partial charge in [-0.3, -0.25) is 4.79 Å². The third kappa shape index (κ3) is 4.45. The second-order valence-electron chi connectivity index (χ2n) is 3.35. The number of benzene rings is 1. The van der Waals surface area contributed by atoms with Gasteiger partial charge in [0.05, 0.1) is 5.02 Å². The van der Waals surface area contributed by atoms with Crippen LogP contribution in [-0.4, -0.2) is 12.5 Å². The molecule has 0 heterocycles. The van der Waals surface area contributed by atoms with Crippen molar-refractivity contribution in [2.75, 3.05) is 6.54 Å². The van der Waals surface area contributed by atoms with E-state index in [1.165, 1.54) is 19.1 Å². The molecular formula is C12H13ClFNO. The number of amides is 1. The molecule has 0 saturated carbocycles. The zero-order valence-electron chi connectivity index (χ0n) is 8.97. The van der Waals surface area contributed by atoms with Crippen molar-refractivity contribution in [3.8, 4) is 0 Å². The lowest BCUT2D eigenvalue weighted by Gasteiger charge is -1.98. The third-order valence-electron chi connectivity index (χ3n) is 1.94. The molecule has 0 unspecified atom stereocenters. The first-order valence-corrected chi connectivity index (χ1v) is 5.33. The Morgan fingerprint density at radius 3 is 2.94 bits per heavy atom. The van der Waals surface area contributed by atoms with Crippen molar-refractivity contribution in [2.45, 2.75) is 13.3 Å². The van der Waals surface area contributed by atoms with Gasteiger partial charge in [-0.15, -0.1) is 0 Å². The Balaban J connectivity index is 2.44. The first-order valence-electron chi connectivity index (χ1n) is 4.95. The molecule has 1 N–H and O–H groups in total. The second kappa shape index (κ2) is 6.28. The summed E-state index contributed by atoms with van der Waals surface area (Å²) >= 11 is 5.55. The first-order chi connectivity index (χ1) is 7.59. The largest absolute Gasteiger partial charge is 0.356 e. The molecule has 0 aliphatic rings. The minimum atomic E-state index is -0.425. The normalized spacial score (nSPS) is 10.7. The maximum Gasteiger partial charge on any atom is 0.216 e. The van der Waals surface area contributed by atoms with Gasteiger partial charge in [-0.1, -0.05) is 29.8 Å². The maximum atomic E-state index is 13.0. The van der Waals surface area contributed by atoms with Gasteiger partial charge in [0, 0.05) is 13.5 Å². The molecule has 0 aliphatic carbocycles. The van der Waals surface area contributed by atoms with Crippen LogP contribution in [0.2, 0.25) is 5.02 Å². The van der Waals surface area contributed by atoms with E-state index in [1.807, 2.05) is 6.08 Å². The molecule has 0 fully saturated rings. The minimum Gasteiger partial charge on any atom is -0.356 e. The van der Waals surface area contributed by atoms with Crippen molar-refractivity contribution in [3.05, 3.63) is 40.7 Å². The molecule has 1 aromatic carbocycles. The number of carbonyl (C=O) groups excluding carboxylic acids is 1. The van der Waals surface area contributed by atoms with Gasteiger partial charge in [0.25, 0.3) is 0 Å². The lowest BCUT2D eigenvalue weighted by Crippen LogP contribution is -2.20. The summed E-state index contributed by atoms with van der Waals surface area (Å²) in [5, 5.41) is 2.79. The minimum absolute atomic E-state index is 0.0501. The van der Waals surface area contributed by atoms with Crippen LogP contribution in [0.5, 0.6) is 0 Å². The second-order valence-corrected chi connectivity index (χ2v) is 3.75. The number of nitrogens with one attached hydrogen (secondary N) is 1. The first kappa shape index (κ1) is 12.7. The average Bonchev–Trinajstić information content (AvgIpc) is 2.22. The molecule has 16 heavy (non-hydrogen) atoms. The van der Waals surface area contributed by atoms with E-state index in [4.69, 9.17) is 11.6 Å². The van der Waals surface area contributed by atoms with E-state index in [9.17, 15) is 9.18 Å². The zero-order chi connectivity index (χ0) is 12.0. The van der Waals surface area contributed by atoms with Gasteiger partial charge in [-0.2, -0.15) is 0 Å². The topological polar surface area (TPSA) is 29.1 Å². The van der Waals surface area contributed by atoms with E-state index >= 15 is 0 Å². The Morgan fingerprint density at radius 2 is 2.31 bits per heavy atom. The summed E-state index contributed by atoms with van der Waals surface area (Å²) in [6, 6.07) is 4.63. The molecule has 0 aliphatic heterocycles. The molecule has 2 nitrogen and oxygen atoms in total. The highest BCUT2D eigenvalue weighted by Crippen LogP contribution is 2.16. The van der Waals surface area contributed by atoms with Gasteiger partial charge >= 0.3 is 0 Å². The standard InChI is InChI=1S/C12H13ClFNO/c1-9(16)15-7-3-2-4-10-5-6-11(13)12(14)8-10/h2,4-6,8H,3,7H2,1H3,(H,15,16). The van der Waals surface area contributed by atoms with E-state index < -0.39 is 5.82 Å². The molecule has 0 radical (unpaired) electrons. The van der Waals surface area contributed by atoms with E-state index in [0.717, 1.165) is 5.56 Å². The van der Waals surface area contributed by atoms with Crippen LogP contribution < -0.4 is 5.32 Å². The molecule has 1 rings (SSSR count). The summed E-state index contributed by atoms with van der Waals surface area (Å²) < 4.78 is 13.0. The predicted octanol–water partition coefficient (Wildman–Crippen LogP) is 3.02. The van der Waals surface area contributed by atoms with Crippen LogP contribution in [-0.2, 0) is 4.79 Å². The molecular weight excluding hydrogens is 229 g/mol. The highest BCUT2D eigenvalue weighted by molar-refractivity contribution is 6.30. The van der Waals surface area contributed by atoms with E-state index in [-0.39, 0.29) is 10.9 Å². The summed E-state index contributed by atoms with van der Waals surface area (Å²) in [6.07, 6.45) is 4.38. The summed E-state index contributed by atoms with van der Waals surface area (Å²) in [4.78, 5) is 10.6. The zero-order valence-corrected chi connectivity index (χ0v) is 9.72. The van der Waals surface area contributed by atoms with E-state index in [0.29, 0.717) is 13.0 Å². The van der Waals surface area contributed by atoms with Crippen LogP contribution in [0.1, 0.15) is 18.9 Å². The molecule has 86 valence electrons. The van der Waals surface area contributed by atoms with Crippen LogP contribution >= 0.6 is 11.6 Å². The molecule has 0 atom stereocenters. The number of hydrogen-bond donors (Lipinski definition) is 1.